The van der Waals surface area contributed by atoms with Gasteiger partial charge in [-0.3, -0.25) is 14.9 Å². The van der Waals surface area contributed by atoms with E-state index in [-0.39, 0.29) is 22.8 Å². The molecule has 0 aliphatic carbocycles. The molecule has 134 valence electrons. The van der Waals surface area contributed by atoms with Crippen molar-refractivity contribution >= 4 is 28.9 Å². The van der Waals surface area contributed by atoms with E-state index < -0.39 is 17.0 Å². The Morgan fingerprint density at radius 1 is 1.27 bits per heavy atom. The Morgan fingerprint density at radius 3 is 2.73 bits per heavy atom. The lowest BCUT2D eigenvalue weighted by atomic mass is 10.1. The minimum atomic E-state index is -1.02. The molecule has 26 heavy (non-hydrogen) atoms. The highest BCUT2D eigenvalue weighted by Gasteiger charge is 2.30. The maximum atomic E-state index is 12.6. The number of nitrogens with zero attached hydrogens (tertiary/aromatic N) is 2. The SMILES string of the molecule is C[C@H](OC(=O)c1ccc(N)c([N+](=O)[O-])c1)C(=O)N1CCc2ccccc21. The van der Waals surface area contributed by atoms with Crippen LogP contribution in [-0.4, -0.2) is 29.4 Å². The lowest BCUT2D eigenvalue weighted by Gasteiger charge is -2.21. The van der Waals surface area contributed by atoms with E-state index in [0.29, 0.717) is 6.54 Å². The van der Waals surface area contributed by atoms with E-state index in [4.69, 9.17) is 10.5 Å². The second-order valence-electron chi connectivity index (χ2n) is 5.95. The van der Waals surface area contributed by atoms with Crippen LogP contribution in [0.4, 0.5) is 17.1 Å². The fourth-order valence-electron chi connectivity index (χ4n) is 2.89. The van der Waals surface area contributed by atoms with Gasteiger partial charge in [0.15, 0.2) is 6.10 Å². The Balaban J connectivity index is 1.73. The first-order valence-corrected chi connectivity index (χ1v) is 8.02. The van der Waals surface area contributed by atoms with Gasteiger partial charge >= 0.3 is 5.97 Å². The van der Waals surface area contributed by atoms with Gasteiger partial charge in [0.05, 0.1) is 10.5 Å². The van der Waals surface area contributed by atoms with Crippen molar-refractivity contribution < 1.29 is 19.2 Å². The van der Waals surface area contributed by atoms with Crippen molar-refractivity contribution in [3.05, 3.63) is 63.7 Å². The van der Waals surface area contributed by atoms with Gasteiger partial charge < -0.3 is 15.4 Å². The summed E-state index contributed by atoms with van der Waals surface area (Å²) in [6.45, 7) is 2.00. The average molecular weight is 355 g/mol. The number of esters is 1. The molecular weight excluding hydrogens is 338 g/mol. The number of fused-ring (bicyclic) bond motifs is 1. The molecule has 8 nitrogen and oxygen atoms in total. The van der Waals surface area contributed by atoms with Crippen LogP contribution in [0, 0.1) is 10.1 Å². The van der Waals surface area contributed by atoms with E-state index in [0.717, 1.165) is 23.7 Å². The second-order valence-corrected chi connectivity index (χ2v) is 5.95. The largest absolute Gasteiger partial charge is 0.449 e. The number of benzene rings is 2. The number of nitro groups is 1. The molecule has 0 spiro atoms. The lowest BCUT2D eigenvalue weighted by molar-refractivity contribution is -0.383. The first-order valence-electron chi connectivity index (χ1n) is 8.02. The molecule has 0 fully saturated rings. The summed E-state index contributed by atoms with van der Waals surface area (Å²) in [5, 5.41) is 10.9. The van der Waals surface area contributed by atoms with Crippen molar-refractivity contribution in [2.75, 3.05) is 17.2 Å². The van der Waals surface area contributed by atoms with Gasteiger partial charge in [0.1, 0.15) is 5.69 Å². The maximum Gasteiger partial charge on any atom is 0.339 e. The van der Waals surface area contributed by atoms with Gasteiger partial charge in [-0.1, -0.05) is 18.2 Å². The van der Waals surface area contributed by atoms with Gasteiger partial charge in [-0.05, 0) is 37.1 Å². The molecule has 1 aliphatic heterocycles. The number of nitrogens with two attached hydrogens (primary N) is 1. The van der Waals surface area contributed by atoms with Crippen LogP contribution in [0.2, 0.25) is 0 Å². The fourth-order valence-corrected chi connectivity index (χ4v) is 2.89. The number of hydrogen-bond donors (Lipinski definition) is 1. The average Bonchev–Trinajstić information content (AvgIpc) is 3.05. The molecule has 0 unspecified atom stereocenters. The summed E-state index contributed by atoms with van der Waals surface area (Å²) < 4.78 is 5.21. The van der Waals surface area contributed by atoms with Gasteiger partial charge in [-0.2, -0.15) is 0 Å². The molecule has 2 N–H and O–H groups in total. The predicted octanol–water partition coefficient (Wildman–Crippen LogP) is 2.31. The molecule has 1 atom stereocenters. The molecule has 2 aromatic rings. The highest BCUT2D eigenvalue weighted by molar-refractivity contribution is 6.00. The number of rotatable bonds is 4. The van der Waals surface area contributed by atoms with Crippen molar-refractivity contribution in [1.29, 1.82) is 0 Å². The Labute approximate surface area is 149 Å². The summed E-state index contributed by atoms with van der Waals surface area (Å²) in [5.41, 5.74) is 6.92. The summed E-state index contributed by atoms with van der Waals surface area (Å²) in [6, 6.07) is 11.2. The number of nitro benzene ring substituents is 1. The zero-order valence-corrected chi connectivity index (χ0v) is 14.0. The smallest absolute Gasteiger partial charge is 0.339 e. The fraction of sp³-hybridized carbons (Fsp3) is 0.222. The standard InChI is InChI=1S/C18H17N3O5/c1-11(17(22)20-9-8-12-4-2-3-5-15(12)20)26-18(23)13-6-7-14(19)16(10-13)21(24)25/h2-7,10-11H,8-9,19H2,1H3/t11-/m0/s1. The van der Waals surface area contributed by atoms with E-state index in [1.165, 1.54) is 19.1 Å². The minimum Gasteiger partial charge on any atom is -0.449 e. The predicted molar refractivity (Wildman–Crippen MR) is 94.9 cm³/mol. The summed E-state index contributed by atoms with van der Waals surface area (Å²) in [7, 11) is 0. The van der Waals surface area contributed by atoms with Gasteiger partial charge in [0.25, 0.3) is 11.6 Å². The third kappa shape index (κ3) is 3.21. The van der Waals surface area contributed by atoms with Gasteiger partial charge in [0, 0.05) is 18.3 Å². The summed E-state index contributed by atoms with van der Waals surface area (Å²) in [5.74, 6) is -1.16. The zero-order chi connectivity index (χ0) is 18.8. The number of para-hydroxylation sites is 1. The quantitative estimate of drug-likeness (QED) is 0.389. The number of ether oxygens (including phenoxy) is 1. The van der Waals surface area contributed by atoms with Gasteiger partial charge in [-0.25, -0.2) is 4.79 Å². The van der Waals surface area contributed by atoms with Crippen LogP contribution in [0.15, 0.2) is 42.5 Å². The molecular formula is C18H17N3O5. The molecule has 0 bridgehead atoms. The number of nitrogen functional groups attached to an aromatic ring is 1. The number of anilines is 2. The highest BCUT2D eigenvalue weighted by atomic mass is 16.6. The topological polar surface area (TPSA) is 116 Å². The molecule has 0 saturated heterocycles. The number of carbonyl (C=O) groups is 2. The molecule has 0 aromatic heterocycles. The maximum absolute atomic E-state index is 12.6. The van der Waals surface area contributed by atoms with Crippen LogP contribution in [0.5, 0.6) is 0 Å². The summed E-state index contributed by atoms with van der Waals surface area (Å²) in [6.07, 6.45) is -0.280. The Morgan fingerprint density at radius 2 is 2.00 bits per heavy atom. The van der Waals surface area contributed by atoms with Crippen molar-refractivity contribution in [2.45, 2.75) is 19.4 Å². The van der Waals surface area contributed by atoms with Crippen LogP contribution in [-0.2, 0) is 16.0 Å². The van der Waals surface area contributed by atoms with Crippen LogP contribution in [0.25, 0.3) is 0 Å². The lowest BCUT2D eigenvalue weighted by Crippen LogP contribution is -2.39. The van der Waals surface area contributed by atoms with Crippen LogP contribution in [0.1, 0.15) is 22.8 Å². The number of hydrogen-bond acceptors (Lipinski definition) is 6. The van der Waals surface area contributed by atoms with Crippen molar-refractivity contribution in [1.82, 2.24) is 0 Å². The highest BCUT2D eigenvalue weighted by Crippen LogP contribution is 2.28. The third-order valence-corrected chi connectivity index (χ3v) is 4.25. The summed E-state index contributed by atoms with van der Waals surface area (Å²) >= 11 is 0. The monoisotopic (exact) mass is 355 g/mol. The van der Waals surface area contributed by atoms with Crippen molar-refractivity contribution in [2.24, 2.45) is 0 Å². The van der Waals surface area contributed by atoms with E-state index in [1.54, 1.807) is 4.90 Å². The Hall–Kier alpha value is -3.42. The molecule has 2 aromatic carbocycles. The molecule has 1 heterocycles. The first-order chi connectivity index (χ1) is 12.4. The van der Waals surface area contributed by atoms with E-state index >= 15 is 0 Å². The van der Waals surface area contributed by atoms with E-state index in [9.17, 15) is 19.7 Å². The zero-order valence-electron chi connectivity index (χ0n) is 14.0. The first kappa shape index (κ1) is 17.4. The third-order valence-electron chi connectivity index (χ3n) is 4.25. The second kappa shape index (κ2) is 6.83. The van der Waals surface area contributed by atoms with Crippen molar-refractivity contribution in [3.63, 3.8) is 0 Å². The molecule has 8 heteroatoms. The number of carbonyl (C=O) groups excluding carboxylic acids is 2. The van der Waals surface area contributed by atoms with Crippen LogP contribution >= 0.6 is 0 Å². The van der Waals surface area contributed by atoms with Gasteiger partial charge in [-0.15, -0.1) is 0 Å². The van der Waals surface area contributed by atoms with Crippen LogP contribution < -0.4 is 10.6 Å². The van der Waals surface area contributed by atoms with E-state index in [1.807, 2.05) is 24.3 Å². The van der Waals surface area contributed by atoms with Gasteiger partial charge in [0.2, 0.25) is 0 Å². The number of amides is 1. The molecule has 0 saturated carbocycles. The molecule has 3 rings (SSSR count). The van der Waals surface area contributed by atoms with Crippen LogP contribution in [0.3, 0.4) is 0 Å². The minimum absolute atomic E-state index is 0.0348. The van der Waals surface area contributed by atoms with E-state index in [2.05, 4.69) is 0 Å². The Kier molecular flexibility index (Phi) is 4.57. The molecule has 1 aliphatic rings. The molecule has 1 amide bonds. The Bertz CT molecular complexity index is 896. The normalized spacial score (nSPS) is 13.8. The van der Waals surface area contributed by atoms with Crippen molar-refractivity contribution in [3.8, 4) is 0 Å². The molecule has 0 radical (unpaired) electrons. The summed E-state index contributed by atoms with van der Waals surface area (Å²) in [4.78, 5) is 36.7.